The Labute approximate surface area is 135 Å². The zero-order valence-corrected chi connectivity index (χ0v) is 14.1. The van der Waals surface area contributed by atoms with E-state index in [0.717, 1.165) is 17.1 Å². The SMILES string of the molecule is O=S(=O)(NCCSCc1ccco1)c1cc(Cl)sc1Cl. The van der Waals surface area contributed by atoms with Crippen LogP contribution >= 0.6 is 46.3 Å². The van der Waals surface area contributed by atoms with Gasteiger partial charge in [-0.15, -0.1) is 11.3 Å². The van der Waals surface area contributed by atoms with Crippen LogP contribution in [-0.4, -0.2) is 20.7 Å². The first-order valence-electron chi connectivity index (χ1n) is 5.53. The molecule has 9 heteroatoms. The molecule has 1 N–H and O–H groups in total. The molecule has 0 saturated carbocycles. The fraction of sp³-hybridized carbons (Fsp3) is 0.273. The Bertz CT molecular complexity index is 653. The van der Waals surface area contributed by atoms with Crippen molar-refractivity contribution < 1.29 is 12.8 Å². The number of furan rings is 1. The molecule has 0 unspecified atom stereocenters. The van der Waals surface area contributed by atoms with Crippen LogP contribution in [0.5, 0.6) is 0 Å². The van der Waals surface area contributed by atoms with Crippen LogP contribution in [0.4, 0.5) is 0 Å². The molecule has 0 aliphatic heterocycles. The van der Waals surface area contributed by atoms with Crippen molar-refractivity contribution in [3.63, 3.8) is 0 Å². The van der Waals surface area contributed by atoms with Crippen molar-refractivity contribution in [2.45, 2.75) is 10.6 Å². The number of rotatable bonds is 7. The van der Waals surface area contributed by atoms with Gasteiger partial charge >= 0.3 is 0 Å². The molecule has 2 aromatic rings. The lowest BCUT2D eigenvalue weighted by Gasteiger charge is -2.05. The Hall–Kier alpha value is -0.180. The number of halogens is 2. The van der Waals surface area contributed by atoms with Crippen molar-refractivity contribution in [1.82, 2.24) is 4.72 Å². The topological polar surface area (TPSA) is 59.3 Å². The van der Waals surface area contributed by atoms with E-state index in [2.05, 4.69) is 4.72 Å². The predicted molar refractivity (Wildman–Crippen MR) is 84.4 cm³/mol. The first-order valence-corrected chi connectivity index (χ1v) is 9.75. The monoisotopic (exact) mass is 371 g/mol. The Morgan fingerprint density at radius 2 is 2.20 bits per heavy atom. The van der Waals surface area contributed by atoms with Crippen LogP contribution in [0.15, 0.2) is 33.8 Å². The molecule has 0 fully saturated rings. The van der Waals surface area contributed by atoms with Crippen molar-refractivity contribution in [2.75, 3.05) is 12.3 Å². The Balaban J connectivity index is 1.79. The highest BCUT2D eigenvalue weighted by molar-refractivity contribution is 7.98. The summed E-state index contributed by atoms with van der Waals surface area (Å²) in [6, 6.07) is 5.05. The number of nitrogens with one attached hydrogen (secondary N) is 1. The van der Waals surface area contributed by atoms with E-state index in [4.69, 9.17) is 27.6 Å². The number of hydrogen-bond donors (Lipinski definition) is 1. The Kier molecular flexibility index (Phi) is 5.83. The van der Waals surface area contributed by atoms with Crippen LogP contribution < -0.4 is 4.72 Å². The minimum absolute atomic E-state index is 0.0326. The molecule has 4 nitrogen and oxygen atoms in total. The minimum Gasteiger partial charge on any atom is -0.468 e. The minimum atomic E-state index is -3.60. The largest absolute Gasteiger partial charge is 0.468 e. The standard InChI is InChI=1S/C11H11Cl2NO3S3/c12-10-6-9(11(13)19-10)20(15,16)14-3-5-18-7-8-2-1-4-17-8/h1-2,4,6,14H,3,5,7H2. The van der Waals surface area contributed by atoms with Gasteiger partial charge in [-0.05, 0) is 18.2 Å². The molecule has 0 aromatic carbocycles. The lowest BCUT2D eigenvalue weighted by Crippen LogP contribution is -2.25. The highest BCUT2D eigenvalue weighted by Crippen LogP contribution is 2.34. The summed E-state index contributed by atoms with van der Waals surface area (Å²) >= 11 is 14.2. The highest BCUT2D eigenvalue weighted by atomic mass is 35.5. The molecule has 0 spiro atoms. The van der Waals surface area contributed by atoms with Crippen molar-refractivity contribution in [2.24, 2.45) is 0 Å². The van der Waals surface area contributed by atoms with Crippen LogP contribution in [0.1, 0.15) is 5.76 Å². The van der Waals surface area contributed by atoms with Gasteiger partial charge in [-0.1, -0.05) is 23.2 Å². The van der Waals surface area contributed by atoms with E-state index >= 15 is 0 Å². The van der Waals surface area contributed by atoms with Gasteiger partial charge in [-0.2, -0.15) is 11.8 Å². The molecule has 0 bridgehead atoms. The quantitative estimate of drug-likeness (QED) is 0.750. The van der Waals surface area contributed by atoms with E-state index in [9.17, 15) is 8.42 Å². The molecule has 0 atom stereocenters. The molecule has 0 amide bonds. The molecule has 2 aromatic heterocycles. The van der Waals surface area contributed by atoms with Gasteiger partial charge in [0.15, 0.2) is 0 Å². The molecule has 110 valence electrons. The summed E-state index contributed by atoms with van der Waals surface area (Å²) in [6.07, 6.45) is 1.61. The highest BCUT2D eigenvalue weighted by Gasteiger charge is 2.20. The molecular weight excluding hydrogens is 361 g/mol. The summed E-state index contributed by atoms with van der Waals surface area (Å²) in [4.78, 5) is 0.0326. The van der Waals surface area contributed by atoms with Crippen LogP contribution in [0.25, 0.3) is 0 Å². The summed E-state index contributed by atoms with van der Waals surface area (Å²) in [5, 5.41) is 0. The second-order valence-electron chi connectivity index (χ2n) is 3.72. The van der Waals surface area contributed by atoms with Gasteiger partial charge in [0.2, 0.25) is 10.0 Å². The fourth-order valence-electron chi connectivity index (χ4n) is 1.40. The summed E-state index contributed by atoms with van der Waals surface area (Å²) in [6.45, 7) is 0.317. The predicted octanol–water partition coefficient (Wildman–Crippen LogP) is 3.86. The molecule has 2 rings (SSSR count). The maximum Gasteiger partial charge on any atom is 0.242 e. The third kappa shape index (κ3) is 4.41. The maximum atomic E-state index is 12.0. The van der Waals surface area contributed by atoms with Crippen LogP contribution in [0.3, 0.4) is 0 Å². The van der Waals surface area contributed by atoms with Gasteiger partial charge in [-0.25, -0.2) is 13.1 Å². The summed E-state index contributed by atoms with van der Waals surface area (Å²) in [5.74, 6) is 2.21. The van der Waals surface area contributed by atoms with Crippen LogP contribution in [0.2, 0.25) is 8.67 Å². The average molecular weight is 372 g/mol. The Morgan fingerprint density at radius 3 is 2.80 bits per heavy atom. The summed E-state index contributed by atoms with van der Waals surface area (Å²) in [5.41, 5.74) is 0. The average Bonchev–Trinajstić information content (AvgIpc) is 2.98. The van der Waals surface area contributed by atoms with Gasteiger partial charge in [0.25, 0.3) is 0 Å². The lowest BCUT2D eigenvalue weighted by atomic mass is 10.5. The molecular formula is C11H11Cl2NO3S3. The van der Waals surface area contributed by atoms with E-state index in [1.165, 1.54) is 6.07 Å². The smallest absolute Gasteiger partial charge is 0.242 e. The van der Waals surface area contributed by atoms with Gasteiger partial charge < -0.3 is 4.42 Å². The van der Waals surface area contributed by atoms with Crippen molar-refractivity contribution in [3.8, 4) is 0 Å². The van der Waals surface area contributed by atoms with Gasteiger partial charge in [-0.3, -0.25) is 0 Å². The normalized spacial score (nSPS) is 11.9. The zero-order valence-electron chi connectivity index (χ0n) is 10.1. The van der Waals surface area contributed by atoms with Gasteiger partial charge in [0, 0.05) is 12.3 Å². The summed E-state index contributed by atoms with van der Waals surface area (Å²) < 4.78 is 32.2. The fourth-order valence-corrected chi connectivity index (χ4v) is 5.47. The molecule has 0 saturated heterocycles. The molecule has 0 radical (unpaired) electrons. The Morgan fingerprint density at radius 1 is 1.40 bits per heavy atom. The van der Waals surface area contributed by atoms with E-state index in [1.807, 2.05) is 12.1 Å². The first kappa shape index (κ1) is 16.2. The number of sulfonamides is 1. The zero-order chi connectivity index (χ0) is 14.6. The van der Waals surface area contributed by atoms with E-state index in [0.29, 0.717) is 22.4 Å². The number of thioether (sulfide) groups is 1. The second-order valence-corrected chi connectivity index (χ2v) is 8.84. The number of thiophene rings is 1. The molecule has 2 heterocycles. The van der Waals surface area contributed by atoms with Crippen molar-refractivity contribution in [3.05, 3.63) is 38.9 Å². The lowest BCUT2D eigenvalue weighted by molar-refractivity contribution is 0.530. The number of hydrogen-bond acceptors (Lipinski definition) is 5. The van der Waals surface area contributed by atoms with Crippen molar-refractivity contribution >= 4 is 56.3 Å². The van der Waals surface area contributed by atoms with Crippen molar-refractivity contribution in [1.29, 1.82) is 0 Å². The molecule has 0 aliphatic rings. The summed E-state index contributed by atoms with van der Waals surface area (Å²) in [7, 11) is -3.60. The third-order valence-electron chi connectivity index (χ3n) is 2.28. The third-order valence-corrected chi connectivity index (χ3v) is 6.47. The second kappa shape index (κ2) is 7.20. The molecule has 20 heavy (non-hydrogen) atoms. The van der Waals surface area contributed by atoms with Gasteiger partial charge in [0.05, 0.1) is 16.4 Å². The van der Waals surface area contributed by atoms with Crippen LogP contribution in [-0.2, 0) is 15.8 Å². The van der Waals surface area contributed by atoms with Gasteiger partial charge in [0.1, 0.15) is 15.0 Å². The molecule has 0 aliphatic carbocycles. The van der Waals surface area contributed by atoms with E-state index < -0.39 is 10.0 Å². The van der Waals surface area contributed by atoms with E-state index in [-0.39, 0.29) is 9.23 Å². The maximum absolute atomic E-state index is 12.0. The van der Waals surface area contributed by atoms with Crippen LogP contribution in [0, 0.1) is 0 Å². The first-order chi connectivity index (χ1) is 9.49. The van der Waals surface area contributed by atoms with E-state index in [1.54, 1.807) is 18.0 Å².